The topological polar surface area (TPSA) is 46.1 Å². The molecule has 0 aliphatic carbocycles. The van der Waals surface area contributed by atoms with Crippen molar-refractivity contribution in [3.8, 4) is 0 Å². The Balaban J connectivity index is 2.19. The highest BCUT2D eigenvalue weighted by Crippen LogP contribution is 2.19. The van der Waals surface area contributed by atoms with Crippen molar-refractivity contribution in [2.75, 3.05) is 18.0 Å². The van der Waals surface area contributed by atoms with Crippen molar-refractivity contribution in [1.82, 2.24) is 9.97 Å². The molecule has 0 bridgehead atoms. The molecule has 2 heterocycles. The molecule has 1 fully saturated rings. The Bertz CT molecular complexity index is 390. The lowest BCUT2D eigenvalue weighted by Crippen LogP contribution is -2.36. The van der Waals surface area contributed by atoms with E-state index in [0.717, 1.165) is 24.5 Å². The molecule has 1 aromatic rings. The van der Waals surface area contributed by atoms with E-state index in [1.807, 2.05) is 11.0 Å². The van der Waals surface area contributed by atoms with Gasteiger partial charge >= 0.3 is 0 Å². The Hall–Kier alpha value is -1.45. The van der Waals surface area contributed by atoms with Crippen LogP contribution in [0.2, 0.25) is 0 Å². The van der Waals surface area contributed by atoms with Gasteiger partial charge in [-0.05, 0) is 12.3 Å². The van der Waals surface area contributed by atoms with Crippen molar-refractivity contribution >= 4 is 11.6 Å². The monoisotopic (exact) mass is 219 g/mol. The summed E-state index contributed by atoms with van der Waals surface area (Å²) in [5.74, 6) is 1.57. The molecule has 0 unspecified atom stereocenters. The molecule has 16 heavy (non-hydrogen) atoms. The number of aromatic nitrogens is 2. The lowest BCUT2D eigenvalue weighted by atomic mass is 10.1. The van der Waals surface area contributed by atoms with Gasteiger partial charge in [0.25, 0.3) is 0 Å². The zero-order chi connectivity index (χ0) is 11.5. The number of ketones is 1. The molecule has 1 aromatic heterocycles. The second-order valence-electron chi connectivity index (χ2n) is 4.52. The fourth-order valence-corrected chi connectivity index (χ4v) is 1.88. The average molecular weight is 219 g/mol. The number of piperidine rings is 1. The minimum absolute atomic E-state index is 0.302. The van der Waals surface area contributed by atoms with Crippen molar-refractivity contribution in [3.63, 3.8) is 0 Å². The summed E-state index contributed by atoms with van der Waals surface area (Å²) >= 11 is 0. The number of Topliss-reactive ketones (excluding diaryl/α,β-unsaturated/α-hetero) is 1. The van der Waals surface area contributed by atoms with E-state index in [-0.39, 0.29) is 0 Å². The molecule has 0 aromatic carbocycles. The predicted molar refractivity (Wildman–Crippen MR) is 62.6 cm³/mol. The fraction of sp³-hybridized carbons (Fsp3) is 0.583. The standard InChI is InChI=1S/C12H17N3O/c1-9(2)11-6-12(14-8-13-11)15-5-3-4-10(16)7-15/h6,8-9H,3-5,7H2,1-2H3. The highest BCUT2D eigenvalue weighted by Gasteiger charge is 2.18. The number of hydrogen-bond donors (Lipinski definition) is 0. The summed E-state index contributed by atoms with van der Waals surface area (Å²) in [7, 11) is 0. The largest absolute Gasteiger partial charge is 0.349 e. The molecule has 4 heteroatoms. The second-order valence-corrected chi connectivity index (χ2v) is 4.52. The maximum absolute atomic E-state index is 11.4. The van der Waals surface area contributed by atoms with Crippen molar-refractivity contribution < 1.29 is 4.79 Å². The summed E-state index contributed by atoms with van der Waals surface area (Å²) in [6, 6.07) is 1.99. The molecule has 1 saturated heterocycles. The average Bonchev–Trinajstić information content (AvgIpc) is 2.29. The maximum atomic E-state index is 11.4. The van der Waals surface area contributed by atoms with Gasteiger partial charge in [0.05, 0.1) is 6.54 Å². The molecule has 0 radical (unpaired) electrons. The molecule has 1 aliphatic heterocycles. The summed E-state index contributed by atoms with van der Waals surface area (Å²) in [5, 5.41) is 0. The fourth-order valence-electron chi connectivity index (χ4n) is 1.88. The number of rotatable bonds is 2. The Kier molecular flexibility index (Phi) is 3.17. The van der Waals surface area contributed by atoms with Crippen LogP contribution in [-0.4, -0.2) is 28.8 Å². The van der Waals surface area contributed by atoms with E-state index < -0.39 is 0 Å². The molecular formula is C12H17N3O. The molecule has 4 nitrogen and oxygen atoms in total. The van der Waals surface area contributed by atoms with Gasteiger partial charge < -0.3 is 4.90 Å². The van der Waals surface area contributed by atoms with Crippen LogP contribution in [0.4, 0.5) is 5.82 Å². The Labute approximate surface area is 95.7 Å². The van der Waals surface area contributed by atoms with E-state index in [1.54, 1.807) is 6.33 Å². The van der Waals surface area contributed by atoms with Crippen LogP contribution in [-0.2, 0) is 4.79 Å². The zero-order valence-electron chi connectivity index (χ0n) is 9.81. The van der Waals surface area contributed by atoms with Gasteiger partial charge in [0.2, 0.25) is 0 Å². The summed E-state index contributed by atoms with van der Waals surface area (Å²) in [4.78, 5) is 21.9. The molecule has 0 atom stereocenters. The third-order valence-corrected chi connectivity index (χ3v) is 2.84. The summed E-state index contributed by atoms with van der Waals surface area (Å²) in [6.07, 6.45) is 3.22. The molecule has 0 amide bonds. The molecule has 86 valence electrons. The van der Waals surface area contributed by atoms with E-state index in [4.69, 9.17) is 0 Å². The van der Waals surface area contributed by atoms with Gasteiger partial charge in [0, 0.05) is 24.7 Å². The van der Waals surface area contributed by atoms with Crippen molar-refractivity contribution in [2.45, 2.75) is 32.6 Å². The van der Waals surface area contributed by atoms with Crippen LogP contribution < -0.4 is 4.90 Å². The van der Waals surface area contributed by atoms with Gasteiger partial charge in [-0.3, -0.25) is 4.79 Å². The first kappa shape index (κ1) is 11.0. The second kappa shape index (κ2) is 4.60. The quantitative estimate of drug-likeness (QED) is 0.760. The highest BCUT2D eigenvalue weighted by molar-refractivity contribution is 5.84. The third-order valence-electron chi connectivity index (χ3n) is 2.84. The van der Waals surface area contributed by atoms with Gasteiger partial charge in [0.1, 0.15) is 12.1 Å². The first-order valence-electron chi connectivity index (χ1n) is 5.75. The molecule has 2 rings (SSSR count). The molecule has 1 aliphatic rings. The summed E-state index contributed by atoms with van der Waals surface area (Å²) in [5.41, 5.74) is 1.03. The van der Waals surface area contributed by atoms with E-state index in [1.165, 1.54) is 0 Å². The molecular weight excluding hydrogens is 202 g/mol. The van der Waals surface area contributed by atoms with Crippen LogP contribution in [0.15, 0.2) is 12.4 Å². The van der Waals surface area contributed by atoms with Crippen LogP contribution in [0.25, 0.3) is 0 Å². The lowest BCUT2D eigenvalue weighted by Gasteiger charge is -2.27. The van der Waals surface area contributed by atoms with Crippen LogP contribution in [0.1, 0.15) is 38.3 Å². The smallest absolute Gasteiger partial charge is 0.152 e. The minimum Gasteiger partial charge on any atom is -0.349 e. The van der Waals surface area contributed by atoms with Gasteiger partial charge in [-0.25, -0.2) is 9.97 Å². The van der Waals surface area contributed by atoms with Gasteiger partial charge in [-0.1, -0.05) is 13.8 Å². The number of carbonyl (C=O) groups is 1. The van der Waals surface area contributed by atoms with Gasteiger partial charge in [0.15, 0.2) is 5.78 Å². The first-order chi connectivity index (χ1) is 7.66. The van der Waals surface area contributed by atoms with Crippen molar-refractivity contribution in [1.29, 1.82) is 0 Å². The first-order valence-corrected chi connectivity index (χ1v) is 5.75. The molecule has 0 N–H and O–H groups in total. The van der Waals surface area contributed by atoms with Gasteiger partial charge in [-0.2, -0.15) is 0 Å². The Morgan fingerprint density at radius 3 is 2.88 bits per heavy atom. The van der Waals surface area contributed by atoms with E-state index in [0.29, 0.717) is 24.7 Å². The van der Waals surface area contributed by atoms with Crippen molar-refractivity contribution in [2.24, 2.45) is 0 Å². The van der Waals surface area contributed by atoms with Crippen molar-refractivity contribution in [3.05, 3.63) is 18.1 Å². The van der Waals surface area contributed by atoms with E-state index in [9.17, 15) is 4.79 Å². The summed E-state index contributed by atoms with van der Waals surface area (Å²) < 4.78 is 0. The number of anilines is 1. The van der Waals surface area contributed by atoms with Gasteiger partial charge in [-0.15, -0.1) is 0 Å². The van der Waals surface area contributed by atoms with Crippen LogP contribution >= 0.6 is 0 Å². The number of hydrogen-bond acceptors (Lipinski definition) is 4. The SMILES string of the molecule is CC(C)c1cc(N2CCCC(=O)C2)ncn1. The zero-order valence-corrected chi connectivity index (χ0v) is 9.81. The third kappa shape index (κ3) is 2.38. The van der Waals surface area contributed by atoms with Crippen LogP contribution in [0.3, 0.4) is 0 Å². The minimum atomic E-state index is 0.302. The maximum Gasteiger partial charge on any atom is 0.152 e. The number of carbonyl (C=O) groups excluding carboxylic acids is 1. The van der Waals surface area contributed by atoms with E-state index in [2.05, 4.69) is 23.8 Å². The molecule has 0 saturated carbocycles. The Morgan fingerprint density at radius 2 is 2.19 bits per heavy atom. The van der Waals surface area contributed by atoms with Crippen LogP contribution in [0.5, 0.6) is 0 Å². The highest BCUT2D eigenvalue weighted by atomic mass is 16.1. The van der Waals surface area contributed by atoms with Crippen LogP contribution in [0, 0.1) is 0 Å². The summed E-state index contributed by atoms with van der Waals surface area (Å²) in [6.45, 7) is 5.62. The number of nitrogens with zero attached hydrogens (tertiary/aromatic N) is 3. The lowest BCUT2D eigenvalue weighted by molar-refractivity contribution is -0.118. The Morgan fingerprint density at radius 1 is 1.38 bits per heavy atom. The molecule has 0 spiro atoms. The predicted octanol–water partition coefficient (Wildman–Crippen LogP) is 1.77. The normalized spacial score (nSPS) is 16.9. The van der Waals surface area contributed by atoms with E-state index >= 15 is 0 Å².